The van der Waals surface area contributed by atoms with E-state index in [1.54, 1.807) is 0 Å². The zero-order chi connectivity index (χ0) is 37.9. The summed E-state index contributed by atoms with van der Waals surface area (Å²) in [6, 6.07) is 75.1. The maximum Gasteiger partial charge on any atom is 0.0726 e. The molecule has 1 unspecified atom stereocenters. The molecule has 0 aliphatic heterocycles. The number of anilines is 3. The predicted molar refractivity (Wildman–Crippen MR) is 238 cm³/mol. The molecule has 1 heteroatoms. The molecule has 0 saturated heterocycles. The molecular weight excluding hydrogens is 687 g/mol. The first kappa shape index (κ1) is 32.3. The Balaban J connectivity index is 1.16. The van der Waals surface area contributed by atoms with E-state index in [-0.39, 0.29) is 5.41 Å². The summed E-state index contributed by atoms with van der Waals surface area (Å²) in [6.45, 7) is 4.75. The van der Waals surface area contributed by atoms with Gasteiger partial charge in [0.2, 0.25) is 0 Å². The first-order chi connectivity index (χ1) is 28.0. The largest absolute Gasteiger partial charge is 0.310 e. The molecule has 57 heavy (non-hydrogen) atoms. The van der Waals surface area contributed by atoms with Crippen molar-refractivity contribution in [3.8, 4) is 44.5 Å². The number of rotatable bonds is 4. The molecule has 0 fully saturated rings. The highest BCUT2D eigenvalue weighted by atomic mass is 15.1. The fourth-order valence-electron chi connectivity index (χ4n) is 10.8. The standard InChI is InChI=1S/C56H39N/c1-55(2)47-25-10-6-21-41(47)44-32-30-38(34-51(44)55)57(53-29-13-9-20-40(53)36-16-4-3-5-17-36)39-31-33-45-42-22-7-11-26-48(42)56(52(45)35-39)49-27-12-8-23-43(49)46-24-14-18-37-19-15-28-50(56)54(37)46/h3-35H,1-2H3. The second-order valence-corrected chi connectivity index (χ2v) is 16.4. The van der Waals surface area contributed by atoms with Crippen LogP contribution in [0.25, 0.3) is 55.3 Å². The lowest BCUT2D eigenvalue weighted by Gasteiger charge is -2.40. The van der Waals surface area contributed by atoms with Gasteiger partial charge in [-0.15, -0.1) is 0 Å². The van der Waals surface area contributed by atoms with Gasteiger partial charge in [0.25, 0.3) is 0 Å². The second kappa shape index (κ2) is 11.8. The molecule has 1 nitrogen and oxygen atoms in total. The number of para-hydroxylation sites is 1. The lowest BCUT2D eigenvalue weighted by molar-refractivity contribution is 0.660. The third-order valence-electron chi connectivity index (χ3n) is 13.3. The molecule has 0 saturated carbocycles. The Morgan fingerprint density at radius 3 is 1.51 bits per heavy atom. The summed E-state index contributed by atoms with van der Waals surface area (Å²) < 4.78 is 0. The molecule has 0 radical (unpaired) electrons. The summed E-state index contributed by atoms with van der Waals surface area (Å²) in [5.41, 5.74) is 21.2. The van der Waals surface area contributed by atoms with E-state index in [4.69, 9.17) is 0 Å². The van der Waals surface area contributed by atoms with Crippen LogP contribution in [0.4, 0.5) is 17.1 Å². The van der Waals surface area contributed by atoms with E-state index in [1.807, 2.05) is 0 Å². The van der Waals surface area contributed by atoms with Gasteiger partial charge in [-0.2, -0.15) is 0 Å². The average Bonchev–Trinajstić information content (AvgIpc) is 3.68. The number of benzene rings is 9. The molecule has 3 aliphatic rings. The van der Waals surface area contributed by atoms with E-state index in [2.05, 4.69) is 219 Å². The Kier molecular flexibility index (Phi) is 6.67. The van der Waals surface area contributed by atoms with Crippen molar-refractivity contribution in [2.75, 3.05) is 4.90 Å². The quantitative estimate of drug-likeness (QED) is 0.175. The molecule has 268 valence electrons. The normalized spacial score (nSPS) is 16.1. The number of nitrogens with zero attached hydrogens (tertiary/aromatic N) is 1. The van der Waals surface area contributed by atoms with Crippen molar-refractivity contribution in [1.29, 1.82) is 0 Å². The lowest BCUT2D eigenvalue weighted by atomic mass is 9.61. The Hall–Kier alpha value is -6.96. The van der Waals surface area contributed by atoms with Crippen molar-refractivity contribution in [3.63, 3.8) is 0 Å². The Labute approximate surface area is 334 Å². The molecule has 1 spiro atoms. The molecule has 9 aromatic carbocycles. The van der Waals surface area contributed by atoms with Crippen LogP contribution >= 0.6 is 0 Å². The zero-order valence-corrected chi connectivity index (χ0v) is 32.0. The molecule has 0 aromatic heterocycles. The monoisotopic (exact) mass is 725 g/mol. The minimum Gasteiger partial charge on any atom is -0.310 e. The first-order valence-electron chi connectivity index (χ1n) is 20.1. The van der Waals surface area contributed by atoms with E-state index < -0.39 is 5.41 Å². The van der Waals surface area contributed by atoms with Crippen molar-refractivity contribution in [1.82, 2.24) is 0 Å². The SMILES string of the molecule is CC1(C)c2ccccc2-c2ccc(N(c3ccc4c(c3)C3(c5ccccc5-4)c4ccccc4-c4cccc5cccc3c45)c3ccccc3-c3ccccc3)cc21. The summed E-state index contributed by atoms with van der Waals surface area (Å²) in [5, 5.41) is 2.62. The van der Waals surface area contributed by atoms with E-state index in [1.165, 1.54) is 88.7 Å². The topological polar surface area (TPSA) is 3.24 Å². The Morgan fingerprint density at radius 2 is 0.807 bits per heavy atom. The number of hydrogen-bond acceptors (Lipinski definition) is 1. The highest BCUT2D eigenvalue weighted by Gasteiger charge is 2.50. The maximum absolute atomic E-state index is 2.52. The maximum atomic E-state index is 2.52. The minimum absolute atomic E-state index is 0.131. The van der Waals surface area contributed by atoms with Crippen molar-refractivity contribution in [2.45, 2.75) is 24.7 Å². The minimum atomic E-state index is -0.501. The third-order valence-corrected chi connectivity index (χ3v) is 13.3. The van der Waals surface area contributed by atoms with Crippen LogP contribution in [0.5, 0.6) is 0 Å². The summed E-state index contributed by atoms with van der Waals surface area (Å²) in [4.78, 5) is 2.52. The Morgan fingerprint density at radius 1 is 0.333 bits per heavy atom. The van der Waals surface area contributed by atoms with Crippen molar-refractivity contribution in [3.05, 3.63) is 234 Å². The van der Waals surface area contributed by atoms with Gasteiger partial charge in [-0.3, -0.25) is 0 Å². The summed E-state index contributed by atoms with van der Waals surface area (Å²) in [5.74, 6) is 0. The molecular formula is C56H39N. The van der Waals surface area contributed by atoms with Crippen LogP contribution in [0.15, 0.2) is 200 Å². The molecule has 9 aromatic rings. The van der Waals surface area contributed by atoms with Crippen molar-refractivity contribution in [2.24, 2.45) is 0 Å². The summed E-state index contributed by atoms with van der Waals surface area (Å²) >= 11 is 0. The second-order valence-electron chi connectivity index (χ2n) is 16.4. The van der Waals surface area contributed by atoms with Gasteiger partial charge in [0.1, 0.15) is 0 Å². The van der Waals surface area contributed by atoms with E-state index in [0.717, 1.165) is 17.1 Å². The summed E-state index contributed by atoms with van der Waals surface area (Å²) in [7, 11) is 0. The smallest absolute Gasteiger partial charge is 0.0726 e. The summed E-state index contributed by atoms with van der Waals surface area (Å²) in [6.07, 6.45) is 0. The third kappa shape index (κ3) is 4.29. The van der Waals surface area contributed by atoms with Crippen molar-refractivity contribution >= 4 is 27.8 Å². The van der Waals surface area contributed by atoms with Crippen LogP contribution in [0.3, 0.4) is 0 Å². The predicted octanol–water partition coefficient (Wildman–Crippen LogP) is 14.6. The van der Waals surface area contributed by atoms with Crippen LogP contribution in [0.1, 0.15) is 47.2 Å². The Bertz CT molecular complexity index is 3110. The molecule has 0 bridgehead atoms. The molecule has 12 rings (SSSR count). The average molecular weight is 726 g/mol. The van der Waals surface area contributed by atoms with Crippen molar-refractivity contribution < 1.29 is 0 Å². The lowest BCUT2D eigenvalue weighted by Crippen LogP contribution is -2.32. The number of hydrogen-bond donors (Lipinski definition) is 0. The van der Waals surface area contributed by atoms with E-state index in [0.29, 0.717) is 0 Å². The highest BCUT2D eigenvalue weighted by Crippen LogP contribution is 2.62. The number of fused-ring (bicyclic) bond motifs is 12. The fourth-order valence-corrected chi connectivity index (χ4v) is 10.8. The molecule has 3 aliphatic carbocycles. The van der Waals surface area contributed by atoms with Crippen LogP contribution in [0, 0.1) is 0 Å². The van der Waals surface area contributed by atoms with Crippen LogP contribution < -0.4 is 4.90 Å². The van der Waals surface area contributed by atoms with Gasteiger partial charge < -0.3 is 4.90 Å². The first-order valence-corrected chi connectivity index (χ1v) is 20.1. The van der Waals surface area contributed by atoms with Crippen LogP contribution in [-0.2, 0) is 10.8 Å². The van der Waals surface area contributed by atoms with Gasteiger partial charge >= 0.3 is 0 Å². The molecule has 0 heterocycles. The van der Waals surface area contributed by atoms with Gasteiger partial charge in [0.05, 0.1) is 11.1 Å². The molecule has 1 atom stereocenters. The van der Waals surface area contributed by atoms with Gasteiger partial charge in [-0.05, 0) is 113 Å². The van der Waals surface area contributed by atoms with Gasteiger partial charge in [-0.1, -0.05) is 184 Å². The fraction of sp³-hybridized carbons (Fsp3) is 0.0714. The van der Waals surface area contributed by atoms with E-state index >= 15 is 0 Å². The van der Waals surface area contributed by atoms with Gasteiger partial charge in [-0.25, -0.2) is 0 Å². The van der Waals surface area contributed by atoms with E-state index in [9.17, 15) is 0 Å². The van der Waals surface area contributed by atoms with Gasteiger partial charge in [0.15, 0.2) is 0 Å². The molecule has 0 N–H and O–H groups in total. The molecule has 0 amide bonds. The van der Waals surface area contributed by atoms with Crippen LogP contribution in [-0.4, -0.2) is 0 Å². The highest BCUT2D eigenvalue weighted by molar-refractivity contribution is 6.07. The van der Waals surface area contributed by atoms with Gasteiger partial charge in [0, 0.05) is 22.4 Å². The zero-order valence-electron chi connectivity index (χ0n) is 32.0. The van der Waals surface area contributed by atoms with Crippen LogP contribution in [0.2, 0.25) is 0 Å².